The van der Waals surface area contributed by atoms with Crippen LogP contribution in [0.25, 0.3) is 11.0 Å². The largest absolute Gasteiger partial charge is 0.573 e. The third-order valence-electron chi connectivity index (χ3n) is 3.16. The van der Waals surface area contributed by atoms with Gasteiger partial charge in [0.05, 0.1) is 11.7 Å². The predicted molar refractivity (Wildman–Crippen MR) is 84.6 cm³/mol. The van der Waals surface area contributed by atoms with E-state index in [-0.39, 0.29) is 22.7 Å². The summed E-state index contributed by atoms with van der Waals surface area (Å²) in [6, 6.07) is 9.53. The molecule has 0 saturated heterocycles. The third-order valence-corrected chi connectivity index (χ3v) is 5.14. The molecule has 132 valence electrons. The topological polar surface area (TPSA) is 81.2 Å². The molecule has 11 heteroatoms. The van der Waals surface area contributed by atoms with Crippen LogP contribution in [0.3, 0.4) is 0 Å². The molecule has 0 radical (unpaired) electrons. The standard InChI is InChI=1S/C14H10F3N3O3S2/c15-14(16,17)23-10-6-4-9(5-7-10)8-18-25(21,22)12-3-1-2-11-13(12)20-24-19-11/h1-7,18H,8H2. The fourth-order valence-electron chi connectivity index (χ4n) is 2.06. The highest BCUT2D eigenvalue weighted by Crippen LogP contribution is 2.23. The molecule has 0 aliphatic rings. The number of benzene rings is 2. The van der Waals surface area contributed by atoms with Gasteiger partial charge in [-0.1, -0.05) is 18.2 Å². The van der Waals surface area contributed by atoms with Gasteiger partial charge in [-0.2, -0.15) is 8.75 Å². The van der Waals surface area contributed by atoms with E-state index in [4.69, 9.17) is 0 Å². The average Bonchev–Trinajstić information content (AvgIpc) is 3.01. The van der Waals surface area contributed by atoms with E-state index in [1.165, 1.54) is 18.2 Å². The smallest absolute Gasteiger partial charge is 0.406 e. The van der Waals surface area contributed by atoms with E-state index >= 15 is 0 Å². The Hall–Kier alpha value is -2.24. The van der Waals surface area contributed by atoms with Crippen molar-refractivity contribution in [3.05, 3.63) is 48.0 Å². The van der Waals surface area contributed by atoms with Gasteiger partial charge in [-0.3, -0.25) is 0 Å². The zero-order chi connectivity index (χ0) is 18.1. The minimum absolute atomic E-state index is 0.00391. The highest BCUT2D eigenvalue weighted by atomic mass is 32.2. The van der Waals surface area contributed by atoms with Crippen LogP contribution in [-0.4, -0.2) is 23.5 Å². The van der Waals surface area contributed by atoms with Crippen LogP contribution < -0.4 is 9.46 Å². The van der Waals surface area contributed by atoms with Crippen LogP contribution in [0.1, 0.15) is 5.56 Å². The van der Waals surface area contributed by atoms with Crippen LogP contribution in [0, 0.1) is 0 Å². The lowest BCUT2D eigenvalue weighted by atomic mass is 10.2. The minimum atomic E-state index is -4.77. The van der Waals surface area contributed by atoms with Crippen molar-refractivity contribution in [2.75, 3.05) is 0 Å². The van der Waals surface area contributed by atoms with E-state index in [1.807, 2.05) is 0 Å². The summed E-state index contributed by atoms with van der Waals surface area (Å²) in [6.07, 6.45) is -4.77. The first kappa shape index (κ1) is 17.6. The van der Waals surface area contributed by atoms with Gasteiger partial charge in [-0.05, 0) is 29.8 Å². The first-order valence-electron chi connectivity index (χ1n) is 6.80. The fourth-order valence-corrected chi connectivity index (χ4v) is 3.85. The molecule has 0 unspecified atom stereocenters. The van der Waals surface area contributed by atoms with E-state index in [2.05, 4.69) is 18.2 Å². The van der Waals surface area contributed by atoms with Crippen LogP contribution in [0.4, 0.5) is 13.2 Å². The Morgan fingerprint density at radius 3 is 2.48 bits per heavy atom. The van der Waals surface area contributed by atoms with Gasteiger partial charge in [0.15, 0.2) is 0 Å². The quantitative estimate of drug-likeness (QED) is 0.725. The number of sulfonamides is 1. The lowest BCUT2D eigenvalue weighted by Crippen LogP contribution is -2.23. The Bertz CT molecular complexity index is 986. The molecule has 2 aromatic carbocycles. The summed E-state index contributed by atoms with van der Waals surface area (Å²) in [6.45, 7) is -0.0947. The molecule has 0 bridgehead atoms. The van der Waals surface area contributed by atoms with Crippen LogP contribution >= 0.6 is 11.7 Å². The van der Waals surface area contributed by atoms with E-state index in [9.17, 15) is 21.6 Å². The second kappa shape index (κ2) is 6.58. The zero-order valence-corrected chi connectivity index (χ0v) is 14.0. The van der Waals surface area contributed by atoms with Crippen molar-refractivity contribution in [1.82, 2.24) is 13.5 Å². The van der Waals surface area contributed by atoms with E-state index in [1.54, 1.807) is 12.1 Å². The minimum Gasteiger partial charge on any atom is -0.406 e. The molecular formula is C14H10F3N3O3S2. The molecule has 0 fully saturated rings. The number of halogens is 3. The van der Waals surface area contributed by atoms with Crippen molar-refractivity contribution in [3.8, 4) is 5.75 Å². The molecule has 3 aromatic rings. The fraction of sp³-hybridized carbons (Fsp3) is 0.143. The maximum Gasteiger partial charge on any atom is 0.573 e. The zero-order valence-electron chi connectivity index (χ0n) is 12.3. The first-order valence-corrected chi connectivity index (χ1v) is 9.02. The highest BCUT2D eigenvalue weighted by Gasteiger charge is 2.31. The van der Waals surface area contributed by atoms with Crippen molar-refractivity contribution >= 4 is 32.8 Å². The molecule has 0 aliphatic carbocycles. The predicted octanol–water partition coefficient (Wildman–Crippen LogP) is 3.07. The number of alkyl halides is 3. The summed E-state index contributed by atoms with van der Waals surface area (Å²) in [7, 11) is -3.85. The average molecular weight is 389 g/mol. The Morgan fingerprint density at radius 2 is 1.80 bits per heavy atom. The maximum absolute atomic E-state index is 12.4. The molecule has 0 amide bonds. The van der Waals surface area contributed by atoms with E-state index in [0.717, 1.165) is 23.9 Å². The van der Waals surface area contributed by atoms with Gasteiger partial charge in [0.25, 0.3) is 0 Å². The number of aromatic nitrogens is 2. The van der Waals surface area contributed by atoms with Gasteiger partial charge >= 0.3 is 6.36 Å². The van der Waals surface area contributed by atoms with Crippen molar-refractivity contribution in [2.24, 2.45) is 0 Å². The third kappa shape index (κ3) is 4.24. The molecule has 0 saturated carbocycles. The van der Waals surface area contributed by atoms with Crippen LogP contribution in [0.2, 0.25) is 0 Å². The maximum atomic E-state index is 12.4. The SMILES string of the molecule is O=S(=O)(NCc1ccc(OC(F)(F)F)cc1)c1cccc2nsnc12. The van der Waals surface area contributed by atoms with Gasteiger partial charge in [0.2, 0.25) is 10.0 Å². The van der Waals surface area contributed by atoms with E-state index < -0.39 is 16.4 Å². The van der Waals surface area contributed by atoms with Gasteiger partial charge in [-0.25, -0.2) is 13.1 Å². The molecule has 3 rings (SSSR count). The Balaban J connectivity index is 1.73. The molecule has 0 spiro atoms. The summed E-state index contributed by atoms with van der Waals surface area (Å²) in [4.78, 5) is -0.00391. The van der Waals surface area contributed by atoms with Crippen molar-refractivity contribution < 1.29 is 26.3 Å². The van der Waals surface area contributed by atoms with Crippen molar-refractivity contribution in [1.29, 1.82) is 0 Å². The molecular weight excluding hydrogens is 379 g/mol. The Morgan fingerprint density at radius 1 is 1.08 bits per heavy atom. The lowest BCUT2D eigenvalue weighted by Gasteiger charge is -2.10. The normalized spacial score (nSPS) is 12.4. The molecule has 25 heavy (non-hydrogen) atoms. The number of nitrogens with zero attached hydrogens (tertiary/aromatic N) is 2. The Labute approximate surface area is 144 Å². The van der Waals surface area contributed by atoms with Gasteiger partial charge in [-0.15, -0.1) is 13.2 Å². The lowest BCUT2D eigenvalue weighted by molar-refractivity contribution is -0.274. The first-order chi connectivity index (χ1) is 11.7. The number of ether oxygens (including phenoxy) is 1. The summed E-state index contributed by atoms with van der Waals surface area (Å²) in [5.41, 5.74) is 1.22. The molecule has 1 aromatic heterocycles. The highest BCUT2D eigenvalue weighted by molar-refractivity contribution is 7.89. The second-order valence-corrected chi connectivity index (χ2v) is 7.17. The number of nitrogens with one attached hydrogen (secondary N) is 1. The molecule has 1 N–H and O–H groups in total. The molecule has 6 nitrogen and oxygen atoms in total. The molecule has 0 atom stereocenters. The molecule has 0 aliphatic heterocycles. The number of fused-ring (bicyclic) bond motifs is 1. The summed E-state index contributed by atoms with van der Waals surface area (Å²) in [5.74, 6) is -0.377. The number of hydrogen-bond acceptors (Lipinski definition) is 6. The van der Waals surface area contributed by atoms with Crippen molar-refractivity contribution in [2.45, 2.75) is 17.8 Å². The monoisotopic (exact) mass is 389 g/mol. The number of rotatable bonds is 5. The van der Waals surface area contributed by atoms with Gasteiger partial charge in [0.1, 0.15) is 21.7 Å². The summed E-state index contributed by atoms with van der Waals surface area (Å²) in [5, 5.41) is 0. The van der Waals surface area contributed by atoms with Crippen LogP contribution in [-0.2, 0) is 16.6 Å². The van der Waals surface area contributed by atoms with Gasteiger partial charge < -0.3 is 4.74 Å². The van der Waals surface area contributed by atoms with Gasteiger partial charge in [0, 0.05) is 6.54 Å². The van der Waals surface area contributed by atoms with Crippen molar-refractivity contribution in [3.63, 3.8) is 0 Å². The van der Waals surface area contributed by atoms with E-state index in [0.29, 0.717) is 11.1 Å². The second-order valence-electron chi connectivity index (χ2n) is 4.90. The summed E-state index contributed by atoms with van der Waals surface area (Å²) < 4.78 is 75.3. The van der Waals surface area contributed by atoms with Crippen LogP contribution in [0.5, 0.6) is 5.75 Å². The molecule has 1 heterocycles. The Kier molecular flexibility index (Phi) is 4.62. The summed E-state index contributed by atoms with van der Waals surface area (Å²) >= 11 is 0.906. The van der Waals surface area contributed by atoms with Crippen LogP contribution in [0.15, 0.2) is 47.4 Å². The number of hydrogen-bond donors (Lipinski definition) is 1.